The topological polar surface area (TPSA) is 67.7 Å². The lowest BCUT2D eigenvalue weighted by Gasteiger charge is -2.30. The van der Waals surface area contributed by atoms with Gasteiger partial charge in [0.2, 0.25) is 5.13 Å². The molecular weight excluding hydrogens is 404 g/mol. The number of ether oxygens (including phenoxy) is 1. The fraction of sp³-hybridized carbons (Fsp3) is 0.429. The second-order valence-electron chi connectivity index (χ2n) is 7.25. The van der Waals surface area contributed by atoms with Gasteiger partial charge in [-0.3, -0.25) is 9.69 Å². The number of allylic oxidation sites excluding steroid dienone is 1. The average Bonchev–Trinajstić information content (AvgIpc) is 3.30. The molecule has 8 heteroatoms. The number of amidine groups is 1. The quantitative estimate of drug-likeness (QED) is 0.628. The maximum absolute atomic E-state index is 13.5. The largest absolute Gasteiger partial charge is 0.497 e. The van der Waals surface area contributed by atoms with E-state index in [9.17, 15) is 4.79 Å². The molecule has 1 amide bonds. The normalized spacial score (nSPS) is 21.1. The van der Waals surface area contributed by atoms with Gasteiger partial charge in [-0.25, -0.2) is 0 Å². The van der Waals surface area contributed by atoms with E-state index in [0.717, 1.165) is 57.6 Å². The van der Waals surface area contributed by atoms with E-state index >= 15 is 0 Å². The number of carbonyl (C=O) groups excluding carboxylic acids is 1. The van der Waals surface area contributed by atoms with Crippen LogP contribution in [0.4, 0.5) is 5.13 Å². The number of nitrogens with zero attached hydrogens (tertiary/aromatic N) is 4. The molecule has 6 nitrogen and oxygen atoms in total. The third-order valence-electron chi connectivity index (χ3n) is 5.32. The first-order valence-corrected chi connectivity index (χ1v) is 11.5. The molecule has 0 bridgehead atoms. The molecule has 4 rings (SSSR count). The summed E-state index contributed by atoms with van der Waals surface area (Å²) < 4.78 is 5.25. The van der Waals surface area contributed by atoms with Crippen molar-refractivity contribution >= 4 is 44.9 Å². The molecule has 1 aromatic heterocycles. The van der Waals surface area contributed by atoms with Crippen LogP contribution in [0.15, 0.2) is 34.2 Å². The van der Waals surface area contributed by atoms with Crippen LogP contribution in [0.1, 0.15) is 49.6 Å². The van der Waals surface area contributed by atoms with Gasteiger partial charge < -0.3 is 4.74 Å². The van der Waals surface area contributed by atoms with Gasteiger partial charge in [0.1, 0.15) is 10.8 Å². The van der Waals surface area contributed by atoms with Crippen LogP contribution in [-0.2, 0) is 4.79 Å². The molecule has 0 spiro atoms. The monoisotopic (exact) mass is 428 g/mol. The zero-order chi connectivity index (χ0) is 20.4. The summed E-state index contributed by atoms with van der Waals surface area (Å²) in [6, 6.07) is 8.02. The molecule has 152 valence electrons. The Morgan fingerprint density at radius 1 is 1.17 bits per heavy atom. The minimum Gasteiger partial charge on any atom is -0.497 e. The van der Waals surface area contributed by atoms with Crippen LogP contribution in [0.5, 0.6) is 5.75 Å². The zero-order valence-corrected chi connectivity index (χ0v) is 18.5. The van der Waals surface area contributed by atoms with Crippen molar-refractivity contribution in [3.05, 3.63) is 39.7 Å². The summed E-state index contributed by atoms with van der Waals surface area (Å²) in [7, 11) is 1.65. The summed E-state index contributed by atoms with van der Waals surface area (Å²) in [5, 5.41) is 10.4. The van der Waals surface area contributed by atoms with Crippen molar-refractivity contribution in [2.45, 2.75) is 52.0 Å². The SMILES string of the molecule is COc1ccc(/C(C)=C2\S/C(=N/c3nnc(C)s3)N(C3CCCCC3)C2=O)cc1. The Bertz CT molecular complexity index is 959. The van der Waals surface area contributed by atoms with Crippen LogP contribution in [0.2, 0.25) is 0 Å². The number of aliphatic imine (C=N–C) groups is 1. The number of hydrogen-bond acceptors (Lipinski definition) is 7. The lowest BCUT2D eigenvalue weighted by atomic mass is 9.94. The van der Waals surface area contributed by atoms with Gasteiger partial charge in [0, 0.05) is 6.04 Å². The molecule has 1 aliphatic heterocycles. The van der Waals surface area contributed by atoms with Crippen molar-refractivity contribution < 1.29 is 9.53 Å². The van der Waals surface area contributed by atoms with Crippen LogP contribution >= 0.6 is 23.1 Å². The summed E-state index contributed by atoms with van der Waals surface area (Å²) >= 11 is 2.89. The number of thioether (sulfide) groups is 1. The molecule has 1 aliphatic carbocycles. The zero-order valence-electron chi connectivity index (χ0n) is 16.8. The molecule has 0 N–H and O–H groups in total. The fourth-order valence-electron chi connectivity index (χ4n) is 3.74. The summed E-state index contributed by atoms with van der Waals surface area (Å²) in [6.45, 7) is 3.91. The second-order valence-corrected chi connectivity index (χ2v) is 9.39. The number of aromatic nitrogens is 2. The predicted molar refractivity (Wildman–Crippen MR) is 119 cm³/mol. The summed E-state index contributed by atoms with van der Waals surface area (Å²) in [5.74, 6) is 0.852. The van der Waals surface area contributed by atoms with Crippen LogP contribution in [0, 0.1) is 6.92 Å². The molecule has 1 saturated heterocycles. The Morgan fingerprint density at radius 3 is 2.52 bits per heavy atom. The van der Waals surface area contributed by atoms with Crippen molar-refractivity contribution in [1.82, 2.24) is 15.1 Å². The van der Waals surface area contributed by atoms with E-state index in [1.54, 1.807) is 7.11 Å². The molecule has 0 radical (unpaired) electrons. The minimum absolute atomic E-state index is 0.0511. The molecule has 0 atom stereocenters. The number of amides is 1. The molecule has 0 unspecified atom stereocenters. The number of benzene rings is 1. The standard InChI is InChI=1S/C21H24N4O2S2/c1-13(15-9-11-17(27-3)12-10-15)18-19(26)25(16-7-5-4-6-8-16)21(29-18)22-20-24-23-14(2)28-20/h9-12,16H,4-8H2,1-3H3/b18-13-,22-21+. The van der Waals surface area contributed by atoms with Crippen LogP contribution in [-0.4, -0.2) is 39.3 Å². The first-order chi connectivity index (χ1) is 14.1. The van der Waals surface area contributed by atoms with Crippen molar-refractivity contribution in [3.8, 4) is 5.75 Å². The lowest BCUT2D eigenvalue weighted by Crippen LogP contribution is -2.40. The highest BCUT2D eigenvalue weighted by molar-refractivity contribution is 8.18. The van der Waals surface area contributed by atoms with Gasteiger partial charge in [-0.1, -0.05) is 42.7 Å². The minimum atomic E-state index is 0.0511. The number of rotatable bonds is 4. The molecule has 2 fully saturated rings. The van der Waals surface area contributed by atoms with Crippen LogP contribution < -0.4 is 4.74 Å². The van der Waals surface area contributed by atoms with Crippen LogP contribution in [0.25, 0.3) is 5.57 Å². The number of hydrogen-bond donors (Lipinski definition) is 0. The molecule has 2 heterocycles. The molecule has 29 heavy (non-hydrogen) atoms. The Labute approximate surface area is 179 Å². The third-order valence-corrected chi connectivity index (χ3v) is 7.21. The van der Waals surface area contributed by atoms with E-state index in [-0.39, 0.29) is 11.9 Å². The summed E-state index contributed by atoms with van der Waals surface area (Å²) in [4.78, 5) is 20.8. The number of aryl methyl sites for hydroxylation is 1. The van der Waals surface area contributed by atoms with Gasteiger partial charge in [0.25, 0.3) is 5.91 Å². The smallest absolute Gasteiger partial charge is 0.267 e. The fourth-order valence-corrected chi connectivity index (χ4v) is 5.46. The Balaban J connectivity index is 1.72. The number of methoxy groups -OCH3 is 1. The van der Waals surface area contributed by atoms with E-state index in [1.807, 2.05) is 43.0 Å². The van der Waals surface area contributed by atoms with E-state index < -0.39 is 0 Å². The van der Waals surface area contributed by atoms with Gasteiger partial charge in [-0.15, -0.1) is 10.2 Å². The lowest BCUT2D eigenvalue weighted by molar-refractivity contribution is -0.124. The van der Waals surface area contributed by atoms with Crippen molar-refractivity contribution in [1.29, 1.82) is 0 Å². The predicted octanol–water partition coefficient (Wildman–Crippen LogP) is 5.18. The maximum atomic E-state index is 13.5. The van der Waals surface area contributed by atoms with Gasteiger partial charge in [0.05, 0.1) is 12.0 Å². The third kappa shape index (κ3) is 4.23. The molecule has 2 aromatic rings. The average molecular weight is 429 g/mol. The molecule has 1 aromatic carbocycles. The van der Waals surface area contributed by atoms with Gasteiger partial charge in [-0.2, -0.15) is 4.99 Å². The molecule has 1 saturated carbocycles. The highest BCUT2D eigenvalue weighted by Gasteiger charge is 2.40. The molecule has 2 aliphatic rings. The highest BCUT2D eigenvalue weighted by atomic mass is 32.2. The van der Waals surface area contributed by atoms with Gasteiger partial charge >= 0.3 is 0 Å². The van der Waals surface area contributed by atoms with Crippen molar-refractivity contribution in [2.75, 3.05) is 7.11 Å². The van der Waals surface area contributed by atoms with E-state index in [2.05, 4.69) is 10.2 Å². The summed E-state index contributed by atoms with van der Waals surface area (Å²) in [5.41, 5.74) is 1.97. The van der Waals surface area contributed by atoms with Crippen LogP contribution in [0.3, 0.4) is 0 Å². The Morgan fingerprint density at radius 2 is 1.90 bits per heavy atom. The van der Waals surface area contributed by atoms with Gasteiger partial charge in [0.15, 0.2) is 5.17 Å². The first kappa shape index (κ1) is 20.1. The van der Waals surface area contributed by atoms with Crippen molar-refractivity contribution in [3.63, 3.8) is 0 Å². The van der Waals surface area contributed by atoms with E-state index in [0.29, 0.717) is 5.13 Å². The van der Waals surface area contributed by atoms with E-state index in [1.165, 1.54) is 29.5 Å². The second kappa shape index (κ2) is 8.67. The first-order valence-electron chi connectivity index (χ1n) is 9.82. The summed E-state index contributed by atoms with van der Waals surface area (Å²) in [6.07, 6.45) is 5.59. The van der Waals surface area contributed by atoms with Gasteiger partial charge in [-0.05, 0) is 61.7 Å². The Kier molecular flexibility index (Phi) is 6.01. The maximum Gasteiger partial charge on any atom is 0.267 e. The van der Waals surface area contributed by atoms with E-state index in [4.69, 9.17) is 9.73 Å². The Hall–Kier alpha value is -2.19. The number of carbonyl (C=O) groups is 1. The van der Waals surface area contributed by atoms with Crippen molar-refractivity contribution in [2.24, 2.45) is 4.99 Å². The highest BCUT2D eigenvalue weighted by Crippen LogP contribution is 2.41. The molecular formula is C21H24N4O2S2.